The molecule has 0 spiro atoms. The van der Waals surface area contributed by atoms with Gasteiger partial charge in [-0.05, 0) is 31.2 Å². The first-order valence-electron chi connectivity index (χ1n) is 9.28. The zero-order valence-corrected chi connectivity index (χ0v) is 19.0. The molecule has 1 atom stereocenters. The second kappa shape index (κ2) is 10.6. The fourth-order valence-electron chi connectivity index (χ4n) is 2.78. The van der Waals surface area contributed by atoms with E-state index >= 15 is 0 Å². The fourth-order valence-corrected chi connectivity index (χ4v) is 3.37. The number of carbonyl (C=O) groups is 1. The molecule has 3 rings (SSSR count). The van der Waals surface area contributed by atoms with Gasteiger partial charge in [-0.15, -0.1) is 0 Å². The summed E-state index contributed by atoms with van der Waals surface area (Å²) in [5, 5.41) is 6.73. The predicted molar refractivity (Wildman–Crippen MR) is 126 cm³/mol. The van der Waals surface area contributed by atoms with Crippen molar-refractivity contribution in [1.29, 1.82) is 0 Å². The molecule has 2 amide bonds. The lowest BCUT2D eigenvalue weighted by molar-refractivity contribution is 0.190. The molecule has 0 fully saturated rings. The lowest BCUT2D eigenvalue weighted by Gasteiger charge is -2.23. The van der Waals surface area contributed by atoms with Gasteiger partial charge in [0.2, 0.25) is 5.95 Å². The summed E-state index contributed by atoms with van der Waals surface area (Å²) in [6.45, 7) is 2.42. The van der Waals surface area contributed by atoms with Gasteiger partial charge < -0.3 is 15.4 Å². The molecule has 1 heterocycles. The Morgan fingerprint density at radius 2 is 1.81 bits per heavy atom. The maximum Gasteiger partial charge on any atom is 0.332 e. The Balaban J connectivity index is 1.95. The number of hydrogen-bond acceptors (Lipinski definition) is 5. The van der Waals surface area contributed by atoms with Crippen molar-refractivity contribution in [3.63, 3.8) is 0 Å². The standard InChI is InChI=1S/C21H20Cl3N5O2/c1-13(12-31-2)26-20-25-9-8-19(28-20)29(14-6-4-3-5-7-14)21(30)27-18-11-16(23)15(22)10-17(18)24/h3-11,13H,12H2,1-2H3,(H,27,30)(H,25,26,28)/t13-/m0/s1. The van der Waals surface area contributed by atoms with Gasteiger partial charge in [0.05, 0.1) is 33.0 Å². The van der Waals surface area contributed by atoms with Crippen LogP contribution in [0.4, 0.5) is 27.9 Å². The van der Waals surface area contributed by atoms with Crippen LogP contribution >= 0.6 is 34.8 Å². The molecule has 0 aliphatic rings. The topological polar surface area (TPSA) is 79.4 Å². The molecule has 2 N–H and O–H groups in total. The number of para-hydroxylation sites is 1. The lowest BCUT2D eigenvalue weighted by atomic mass is 10.3. The summed E-state index contributed by atoms with van der Waals surface area (Å²) in [4.78, 5) is 23.4. The molecular weight excluding hydrogens is 461 g/mol. The Hall–Kier alpha value is -2.58. The first-order valence-corrected chi connectivity index (χ1v) is 10.4. The van der Waals surface area contributed by atoms with Crippen molar-refractivity contribution in [2.75, 3.05) is 29.3 Å². The molecule has 7 nitrogen and oxygen atoms in total. The van der Waals surface area contributed by atoms with Crippen molar-refractivity contribution < 1.29 is 9.53 Å². The molecule has 10 heteroatoms. The Bertz CT molecular complexity index is 1050. The maximum absolute atomic E-state index is 13.3. The van der Waals surface area contributed by atoms with E-state index in [-0.39, 0.29) is 16.1 Å². The van der Waals surface area contributed by atoms with Crippen LogP contribution in [0, 0.1) is 0 Å². The molecule has 162 valence electrons. The molecule has 0 radical (unpaired) electrons. The van der Waals surface area contributed by atoms with Gasteiger partial charge in [0.1, 0.15) is 5.82 Å². The molecule has 2 aromatic carbocycles. The van der Waals surface area contributed by atoms with Gasteiger partial charge in [-0.1, -0.05) is 53.0 Å². The lowest BCUT2D eigenvalue weighted by Crippen LogP contribution is -2.32. The number of urea groups is 1. The second-order valence-electron chi connectivity index (χ2n) is 6.59. The molecule has 0 aliphatic carbocycles. The zero-order valence-electron chi connectivity index (χ0n) is 16.8. The van der Waals surface area contributed by atoms with Crippen LogP contribution in [-0.4, -0.2) is 35.8 Å². The van der Waals surface area contributed by atoms with E-state index in [1.54, 1.807) is 31.5 Å². The van der Waals surface area contributed by atoms with E-state index in [0.29, 0.717) is 34.8 Å². The van der Waals surface area contributed by atoms with Crippen molar-refractivity contribution in [2.45, 2.75) is 13.0 Å². The number of methoxy groups -OCH3 is 1. The van der Waals surface area contributed by atoms with Crippen LogP contribution in [-0.2, 0) is 4.74 Å². The number of hydrogen-bond donors (Lipinski definition) is 2. The van der Waals surface area contributed by atoms with Gasteiger partial charge in [-0.25, -0.2) is 14.7 Å². The predicted octanol–water partition coefficient (Wildman–Crippen LogP) is 6.25. The highest BCUT2D eigenvalue weighted by Crippen LogP contribution is 2.33. The summed E-state index contributed by atoms with van der Waals surface area (Å²) in [5.74, 6) is 0.727. The van der Waals surface area contributed by atoms with E-state index < -0.39 is 6.03 Å². The Kier molecular flexibility index (Phi) is 7.92. The number of aromatic nitrogens is 2. The van der Waals surface area contributed by atoms with Crippen molar-refractivity contribution in [3.05, 3.63) is 69.8 Å². The second-order valence-corrected chi connectivity index (χ2v) is 7.81. The SMILES string of the molecule is COC[C@H](C)Nc1nccc(N(C(=O)Nc2cc(Cl)c(Cl)cc2Cl)c2ccccc2)n1. The highest BCUT2D eigenvalue weighted by Gasteiger charge is 2.21. The zero-order chi connectivity index (χ0) is 22.4. The van der Waals surface area contributed by atoms with E-state index in [0.717, 1.165) is 0 Å². The molecule has 0 aliphatic heterocycles. The van der Waals surface area contributed by atoms with Crippen LogP contribution in [0.25, 0.3) is 0 Å². The maximum atomic E-state index is 13.3. The van der Waals surface area contributed by atoms with Gasteiger partial charge >= 0.3 is 6.03 Å². The van der Waals surface area contributed by atoms with Crippen molar-refractivity contribution in [3.8, 4) is 0 Å². The summed E-state index contributed by atoms with van der Waals surface area (Å²) in [6.07, 6.45) is 1.57. The van der Waals surface area contributed by atoms with Gasteiger partial charge in [-0.3, -0.25) is 0 Å². The number of ether oxygens (including phenoxy) is 1. The third-order valence-electron chi connectivity index (χ3n) is 4.13. The van der Waals surface area contributed by atoms with Crippen LogP contribution in [0.5, 0.6) is 0 Å². The van der Waals surface area contributed by atoms with Gasteiger partial charge in [-0.2, -0.15) is 4.98 Å². The van der Waals surface area contributed by atoms with Crippen LogP contribution in [0.15, 0.2) is 54.7 Å². The Morgan fingerprint density at radius 1 is 1.10 bits per heavy atom. The highest BCUT2D eigenvalue weighted by atomic mass is 35.5. The van der Waals surface area contributed by atoms with Crippen molar-refractivity contribution in [2.24, 2.45) is 0 Å². The van der Waals surface area contributed by atoms with Crippen LogP contribution < -0.4 is 15.5 Å². The monoisotopic (exact) mass is 479 g/mol. The highest BCUT2D eigenvalue weighted by molar-refractivity contribution is 6.44. The third kappa shape index (κ3) is 5.98. The molecule has 1 aromatic heterocycles. The van der Waals surface area contributed by atoms with Crippen LogP contribution in [0.1, 0.15) is 6.92 Å². The smallest absolute Gasteiger partial charge is 0.332 e. The van der Waals surface area contributed by atoms with E-state index in [1.165, 1.54) is 17.0 Å². The molecule has 31 heavy (non-hydrogen) atoms. The number of nitrogens with zero attached hydrogens (tertiary/aromatic N) is 3. The first-order chi connectivity index (χ1) is 14.9. The molecular formula is C21H20Cl3N5O2. The van der Waals surface area contributed by atoms with E-state index in [9.17, 15) is 4.79 Å². The van der Waals surface area contributed by atoms with Crippen LogP contribution in [0.2, 0.25) is 15.1 Å². The van der Waals surface area contributed by atoms with Gasteiger partial charge in [0.15, 0.2) is 0 Å². The number of rotatable bonds is 7. The summed E-state index contributed by atoms with van der Waals surface area (Å²) in [5.41, 5.74) is 0.925. The van der Waals surface area contributed by atoms with Crippen LogP contribution in [0.3, 0.4) is 0 Å². The summed E-state index contributed by atoms with van der Waals surface area (Å²) >= 11 is 18.3. The average molecular weight is 481 g/mol. The normalized spacial score (nSPS) is 11.6. The summed E-state index contributed by atoms with van der Waals surface area (Å²) in [7, 11) is 1.62. The largest absolute Gasteiger partial charge is 0.383 e. The third-order valence-corrected chi connectivity index (χ3v) is 5.17. The Morgan fingerprint density at radius 3 is 2.52 bits per heavy atom. The van der Waals surface area contributed by atoms with Crippen molar-refractivity contribution in [1.82, 2.24) is 9.97 Å². The first kappa shape index (κ1) is 23.1. The Labute approximate surface area is 195 Å². The molecule has 0 unspecified atom stereocenters. The van der Waals surface area contributed by atoms with E-state index in [1.807, 2.05) is 25.1 Å². The molecule has 3 aromatic rings. The molecule has 0 saturated carbocycles. The van der Waals surface area contributed by atoms with Crippen molar-refractivity contribution >= 4 is 64.0 Å². The quantitative estimate of drug-likeness (QED) is 0.391. The number of halogens is 3. The summed E-state index contributed by atoms with van der Waals surface area (Å²) < 4.78 is 5.13. The number of amides is 2. The van der Waals surface area contributed by atoms with E-state index in [2.05, 4.69) is 20.6 Å². The average Bonchev–Trinajstić information content (AvgIpc) is 2.73. The minimum absolute atomic E-state index is 0.0192. The van der Waals surface area contributed by atoms with Gasteiger partial charge in [0, 0.05) is 25.4 Å². The van der Waals surface area contributed by atoms with Gasteiger partial charge in [0.25, 0.3) is 0 Å². The number of anilines is 4. The van der Waals surface area contributed by atoms with E-state index in [4.69, 9.17) is 39.5 Å². The fraction of sp³-hybridized carbons (Fsp3) is 0.190. The minimum atomic E-state index is -0.485. The molecule has 0 saturated heterocycles. The number of benzene rings is 2. The number of nitrogens with one attached hydrogen (secondary N) is 2. The molecule has 0 bridgehead atoms. The number of carbonyl (C=O) groups excluding carboxylic acids is 1. The summed E-state index contributed by atoms with van der Waals surface area (Å²) in [6, 6.07) is 13.2. The minimum Gasteiger partial charge on any atom is -0.383 e.